The molecule has 0 aliphatic rings. The summed E-state index contributed by atoms with van der Waals surface area (Å²) in [6.07, 6.45) is 1.70. The van der Waals surface area contributed by atoms with Crippen molar-refractivity contribution in [1.29, 1.82) is 0 Å². The molecule has 0 atom stereocenters. The summed E-state index contributed by atoms with van der Waals surface area (Å²) in [4.78, 5) is 12.4. The van der Waals surface area contributed by atoms with Crippen LogP contribution in [0.1, 0.15) is 10.4 Å². The second-order valence-corrected chi connectivity index (χ2v) is 6.63. The van der Waals surface area contributed by atoms with Crippen LogP contribution in [0, 0.1) is 0 Å². The molecule has 5 nitrogen and oxygen atoms in total. The number of ether oxygens (including phenoxy) is 4. The quantitative estimate of drug-likeness (QED) is 0.176. The van der Waals surface area contributed by atoms with Crippen molar-refractivity contribution < 1.29 is 23.7 Å². The first-order valence-electron chi connectivity index (χ1n) is 10.1. The number of hydrogen-bond acceptors (Lipinski definition) is 5. The van der Waals surface area contributed by atoms with Gasteiger partial charge in [0, 0.05) is 0 Å². The first-order valence-corrected chi connectivity index (χ1v) is 10.1. The summed E-state index contributed by atoms with van der Waals surface area (Å²) in [7, 11) is 0. The normalized spacial score (nSPS) is 10.5. The molecule has 0 heterocycles. The van der Waals surface area contributed by atoms with Gasteiger partial charge in [-0.3, -0.25) is 0 Å². The van der Waals surface area contributed by atoms with Gasteiger partial charge in [0.25, 0.3) is 0 Å². The van der Waals surface area contributed by atoms with Gasteiger partial charge in [0.2, 0.25) is 0 Å². The van der Waals surface area contributed by atoms with Crippen molar-refractivity contribution in [3.8, 4) is 22.6 Å². The van der Waals surface area contributed by atoms with Gasteiger partial charge < -0.3 is 18.9 Å². The van der Waals surface area contributed by atoms with Crippen molar-refractivity contribution >= 4 is 5.97 Å². The molecule has 3 aromatic carbocycles. The van der Waals surface area contributed by atoms with Gasteiger partial charge in [-0.05, 0) is 47.5 Å². The maximum Gasteiger partial charge on any atom is 0.343 e. The molecular weight excluding hydrogens is 392 g/mol. The average molecular weight is 418 g/mol. The van der Waals surface area contributed by atoms with Gasteiger partial charge in [-0.1, -0.05) is 48.5 Å². The Hall–Kier alpha value is -3.41. The third-order valence-corrected chi connectivity index (χ3v) is 4.37. The highest BCUT2D eigenvalue weighted by molar-refractivity contribution is 5.91. The van der Waals surface area contributed by atoms with Crippen molar-refractivity contribution in [2.24, 2.45) is 0 Å². The van der Waals surface area contributed by atoms with E-state index in [9.17, 15) is 4.79 Å². The fourth-order valence-corrected chi connectivity index (χ4v) is 2.80. The summed E-state index contributed by atoms with van der Waals surface area (Å²) in [6.45, 7) is 6.01. The maximum atomic E-state index is 12.4. The zero-order chi connectivity index (χ0) is 21.7. The highest BCUT2D eigenvalue weighted by Crippen LogP contribution is 2.23. The number of benzene rings is 3. The summed E-state index contributed by atoms with van der Waals surface area (Å²) in [5.41, 5.74) is 2.63. The Morgan fingerprint density at radius 2 is 1.32 bits per heavy atom. The molecule has 3 rings (SSSR count). The molecule has 0 saturated carbocycles. The lowest BCUT2D eigenvalue weighted by Crippen LogP contribution is -2.11. The van der Waals surface area contributed by atoms with E-state index in [1.807, 2.05) is 42.5 Å². The minimum absolute atomic E-state index is 0.415. The Bertz CT molecular complexity index is 934. The van der Waals surface area contributed by atoms with E-state index in [1.54, 1.807) is 42.5 Å². The van der Waals surface area contributed by atoms with Crippen LogP contribution in [-0.2, 0) is 9.47 Å². The van der Waals surface area contributed by atoms with Crippen molar-refractivity contribution in [2.45, 2.75) is 0 Å². The molecular formula is C26H26O5. The number of carbonyl (C=O) groups excluding carboxylic acids is 1. The van der Waals surface area contributed by atoms with Crippen LogP contribution in [0.4, 0.5) is 0 Å². The van der Waals surface area contributed by atoms with Crippen molar-refractivity contribution in [1.82, 2.24) is 0 Å². The van der Waals surface area contributed by atoms with Crippen molar-refractivity contribution in [3.05, 3.63) is 97.1 Å². The van der Waals surface area contributed by atoms with E-state index < -0.39 is 5.97 Å². The van der Waals surface area contributed by atoms with E-state index in [1.165, 1.54) is 0 Å². The first kappa shape index (κ1) is 22.3. The van der Waals surface area contributed by atoms with Crippen LogP contribution in [0.25, 0.3) is 11.1 Å². The molecule has 0 radical (unpaired) electrons. The van der Waals surface area contributed by atoms with Crippen molar-refractivity contribution in [3.63, 3.8) is 0 Å². The second-order valence-electron chi connectivity index (χ2n) is 6.63. The highest BCUT2D eigenvalue weighted by atomic mass is 16.5. The minimum atomic E-state index is -0.415. The van der Waals surface area contributed by atoms with E-state index in [0.717, 1.165) is 11.1 Å². The van der Waals surface area contributed by atoms with Crippen LogP contribution in [0.2, 0.25) is 0 Å². The van der Waals surface area contributed by atoms with E-state index in [2.05, 4.69) is 6.58 Å². The third kappa shape index (κ3) is 7.41. The third-order valence-electron chi connectivity index (χ3n) is 4.37. The Balaban J connectivity index is 1.42. The molecule has 3 aromatic rings. The molecule has 5 heteroatoms. The van der Waals surface area contributed by atoms with Crippen LogP contribution >= 0.6 is 0 Å². The Morgan fingerprint density at radius 1 is 0.710 bits per heavy atom. The van der Waals surface area contributed by atoms with Crippen LogP contribution < -0.4 is 9.47 Å². The molecule has 0 bridgehead atoms. The summed E-state index contributed by atoms with van der Waals surface area (Å²) in [5.74, 6) is 0.747. The zero-order valence-electron chi connectivity index (χ0n) is 17.4. The van der Waals surface area contributed by atoms with Crippen LogP contribution in [0.3, 0.4) is 0 Å². The number of carbonyl (C=O) groups is 1. The summed E-state index contributed by atoms with van der Waals surface area (Å²) >= 11 is 0. The lowest BCUT2D eigenvalue weighted by Gasteiger charge is -2.09. The number of hydrogen-bond donors (Lipinski definition) is 0. The predicted octanol–water partition coefficient (Wildman–Crippen LogP) is 5.17. The fourth-order valence-electron chi connectivity index (χ4n) is 2.80. The van der Waals surface area contributed by atoms with Gasteiger partial charge in [-0.15, -0.1) is 6.58 Å². The molecule has 0 aliphatic carbocycles. The molecule has 0 spiro atoms. The van der Waals surface area contributed by atoms with E-state index >= 15 is 0 Å². The maximum absolute atomic E-state index is 12.4. The Kier molecular flexibility index (Phi) is 8.86. The van der Waals surface area contributed by atoms with Gasteiger partial charge in [-0.2, -0.15) is 0 Å². The van der Waals surface area contributed by atoms with E-state index in [0.29, 0.717) is 50.1 Å². The van der Waals surface area contributed by atoms with E-state index in [4.69, 9.17) is 18.9 Å². The van der Waals surface area contributed by atoms with Crippen LogP contribution in [-0.4, -0.2) is 39.0 Å². The number of rotatable bonds is 12. The largest absolute Gasteiger partial charge is 0.491 e. The smallest absolute Gasteiger partial charge is 0.343 e. The molecule has 31 heavy (non-hydrogen) atoms. The fraction of sp³-hybridized carbons (Fsp3) is 0.192. The van der Waals surface area contributed by atoms with Crippen LogP contribution in [0.5, 0.6) is 11.5 Å². The zero-order valence-corrected chi connectivity index (χ0v) is 17.4. The Labute approximate surface area is 182 Å². The summed E-state index contributed by atoms with van der Waals surface area (Å²) in [6, 6.07) is 24.3. The number of esters is 1. The van der Waals surface area contributed by atoms with Gasteiger partial charge in [0.15, 0.2) is 0 Å². The molecule has 0 saturated heterocycles. The lowest BCUT2D eigenvalue weighted by atomic mass is 10.1. The van der Waals surface area contributed by atoms with Gasteiger partial charge in [-0.25, -0.2) is 4.79 Å². The predicted molar refractivity (Wildman–Crippen MR) is 121 cm³/mol. The molecule has 0 N–H and O–H groups in total. The topological polar surface area (TPSA) is 54.0 Å². The molecule has 0 amide bonds. The minimum Gasteiger partial charge on any atom is -0.491 e. The second kappa shape index (κ2) is 12.3. The van der Waals surface area contributed by atoms with Gasteiger partial charge in [0.1, 0.15) is 18.1 Å². The molecule has 160 valence electrons. The monoisotopic (exact) mass is 418 g/mol. The molecule has 0 aliphatic heterocycles. The molecule has 0 aromatic heterocycles. The van der Waals surface area contributed by atoms with Crippen molar-refractivity contribution in [2.75, 3.05) is 33.0 Å². The highest BCUT2D eigenvalue weighted by Gasteiger charge is 2.09. The Morgan fingerprint density at radius 3 is 2.03 bits per heavy atom. The van der Waals surface area contributed by atoms with Gasteiger partial charge >= 0.3 is 5.97 Å². The van der Waals surface area contributed by atoms with Crippen LogP contribution in [0.15, 0.2) is 91.5 Å². The van der Waals surface area contributed by atoms with E-state index in [-0.39, 0.29) is 0 Å². The molecule has 0 fully saturated rings. The standard InChI is InChI=1S/C26H26O5/c1-2-16-28-17-18-29-19-20-30-24-12-10-23(11-13-24)26(27)31-25-14-8-22(9-15-25)21-6-4-3-5-7-21/h2-15H,1,16-20H2. The molecule has 0 unspecified atom stereocenters. The lowest BCUT2D eigenvalue weighted by molar-refractivity contribution is 0.0449. The summed E-state index contributed by atoms with van der Waals surface area (Å²) < 4.78 is 21.7. The first-order chi connectivity index (χ1) is 15.3. The van der Waals surface area contributed by atoms with Gasteiger partial charge in [0.05, 0.1) is 32.0 Å². The SMILES string of the molecule is C=CCOCCOCCOc1ccc(C(=O)Oc2ccc(-c3ccccc3)cc2)cc1. The average Bonchev–Trinajstić information content (AvgIpc) is 2.82. The summed E-state index contributed by atoms with van der Waals surface area (Å²) in [5, 5.41) is 0.